The number of nitrogens with one attached hydrogen (secondary N) is 1. The van der Waals surface area contributed by atoms with E-state index in [1.165, 1.54) is 6.07 Å². The smallest absolute Gasteiger partial charge is 0.338 e. The summed E-state index contributed by atoms with van der Waals surface area (Å²) in [5.41, 5.74) is 3.91. The number of anilines is 1. The summed E-state index contributed by atoms with van der Waals surface area (Å²) in [5.74, 6) is -0.113. The number of rotatable bonds is 6. The minimum atomic E-state index is -0.717. The summed E-state index contributed by atoms with van der Waals surface area (Å²) < 4.78 is 10.8. The van der Waals surface area contributed by atoms with E-state index < -0.39 is 12.1 Å². The van der Waals surface area contributed by atoms with Crippen LogP contribution in [-0.4, -0.2) is 24.6 Å². The van der Waals surface area contributed by atoms with Crippen molar-refractivity contribution in [3.8, 4) is 5.75 Å². The maximum Gasteiger partial charge on any atom is 0.338 e. The molecule has 0 fully saturated rings. The zero-order valence-electron chi connectivity index (χ0n) is 16.2. The van der Waals surface area contributed by atoms with Gasteiger partial charge in [0.25, 0.3) is 5.91 Å². The lowest BCUT2D eigenvalue weighted by atomic mass is 10.1. The van der Waals surface area contributed by atoms with Crippen LogP contribution in [0.2, 0.25) is 5.02 Å². The molecule has 0 saturated heterocycles. The van der Waals surface area contributed by atoms with E-state index in [1.54, 1.807) is 26.0 Å². The van der Waals surface area contributed by atoms with Gasteiger partial charge < -0.3 is 14.8 Å². The van der Waals surface area contributed by atoms with Crippen molar-refractivity contribution >= 4 is 29.2 Å². The number of hydrogen-bond donors (Lipinski definition) is 1. The molecule has 0 aliphatic rings. The fourth-order valence-corrected chi connectivity index (χ4v) is 2.79. The first-order valence-electron chi connectivity index (χ1n) is 8.75. The standard InChI is InChI=1S/C21H24ClNO4/c1-6-26-21(25)16-7-8-18(17(22)11-16)23-20(24)15(5)27-19-10-12(2)9-13(3)14(19)4/h7-11,15H,6H2,1-5H3,(H,23,24)/t15-/m1/s1. The maximum atomic E-state index is 12.5. The Morgan fingerprint density at radius 3 is 2.48 bits per heavy atom. The number of esters is 1. The molecular weight excluding hydrogens is 366 g/mol. The quantitative estimate of drug-likeness (QED) is 0.717. The molecule has 1 N–H and O–H groups in total. The molecule has 6 heteroatoms. The fraction of sp³-hybridized carbons (Fsp3) is 0.333. The van der Waals surface area contributed by atoms with Crippen molar-refractivity contribution < 1.29 is 19.1 Å². The molecule has 0 aliphatic heterocycles. The Bertz CT molecular complexity index is 864. The van der Waals surface area contributed by atoms with E-state index in [0.717, 1.165) is 16.7 Å². The Hall–Kier alpha value is -2.53. The minimum absolute atomic E-state index is 0.253. The van der Waals surface area contributed by atoms with Crippen LogP contribution in [-0.2, 0) is 9.53 Å². The molecular formula is C21H24ClNO4. The first-order chi connectivity index (χ1) is 12.7. The number of aryl methyl sites for hydroxylation is 2. The first-order valence-corrected chi connectivity index (χ1v) is 9.12. The van der Waals surface area contributed by atoms with Crippen LogP contribution < -0.4 is 10.1 Å². The lowest BCUT2D eigenvalue weighted by molar-refractivity contribution is -0.122. The Morgan fingerprint density at radius 1 is 1.15 bits per heavy atom. The molecule has 0 bridgehead atoms. The van der Waals surface area contributed by atoms with Gasteiger partial charge >= 0.3 is 5.97 Å². The first kappa shape index (κ1) is 20.8. The van der Waals surface area contributed by atoms with Crippen molar-refractivity contribution in [1.82, 2.24) is 0 Å². The zero-order chi connectivity index (χ0) is 20.1. The maximum absolute atomic E-state index is 12.5. The Kier molecular flexibility index (Phi) is 6.86. The molecule has 2 aromatic rings. The van der Waals surface area contributed by atoms with E-state index >= 15 is 0 Å². The Balaban J connectivity index is 2.09. The highest BCUT2D eigenvalue weighted by molar-refractivity contribution is 6.34. The number of benzene rings is 2. The van der Waals surface area contributed by atoms with Crippen molar-refractivity contribution in [3.63, 3.8) is 0 Å². The third kappa shape index (κ3) is 5.23. The molecule has 0 saturated carbocycles. The second kappa shape index (κ2) is 8.91. The average molecular weight is 390 g/mol. The summed E-state index contributed by atoms with van der Waals surface area (Å²) in [5, 5.41) is 2.98. The summed E-state index contributed by atoms with van der Waals surface area (Å²) in [6.45, 7) is 9.63. The molecule has 0 unspecified atom stereocenters. The van der Waals surface area contributed by atoms with Crippen molar-refractivity contribution in [2.75, 3.05) is 11.9 Å². The van der Waals surface area contributed by atoms with Gasteiger partial charge in [-0.05, 0) is 75.6 Å². The van der Waals surface area contributed by atoms with Crippen molar-refractivity contribution in [1.29, 1.82) is 0 Å². The summed E-state index contributed by atoms with van der Waals surface area (Å²) in [4.78, 5) is 24.2. The number of amides is 1. The predicted molar refractivity (Wildman–Crippen MR) is 107 cm³/mol. The molecule has 0 spiro atoms. The lowest BCUT2D eigenvalue weighted by Gasteiger charge is -2.18. The molecule has 0 radical (unpaired) electrons. The Morgan fingerprint density at radius 2 is 1.85 bits per heavy atom. The Labute approximate surface area is 164 Å². The van der Waals surface area contributed by atoms with Crippen LogP contribution in [0, 0.1) is 20.8 Å². The van der Waals surface area contributed by atoms with E-state index in [9.17, 15) is 9.59 Å². The van der Waals surface area contributed by atoms with Crippen LogP contribution in [0.1, 0.15) is 40.9 Å². The van der Waals surface area contributed by atoms with E-state index in [2.05, 4.69) is 11.4 Å². The van der Waals surface area contributed by atoms with Gasteiger partial charge in [-0.15, -0.1) is 0 Å². The monoisotopic (exact) mass is 389 g/mol. The molecule has 144 valence electrons. The largest absolute Gasteiger partial charge is 0.481 e. The zero-order valence-corrected chi connectivity index (χ0v) is 16.9. The van der Waals surface area contributed by atoms with Crippen molar-refractivity contribution in [3.05, 3.63) is 57.6 Å². The molecule has 0 aromatic heterocycles. The van der Waals surface area contributed by atoms with Crippen LogP contribution in [0.5, 0.6) is 5.75 Å². The number of halogens is 1. The average Bonchev–Trinajstić information content (AvgIpc) is 2.60. The summed E-state index contributed by atoms with van der Waals surface area (Å²) >= 11 is 6.19. The third-order valence-corrected chi connectivity index (χ3v) is 4.49. The normalized spacial score (nSPS) is 11.6. The SMILES string of the molecule is CCOC(=O)c1ccc(NC(=O)[C@@H](C)Oc2cc(C)cc(C)c2C)c(Cl)c1. The van der Waals surface area contributed by atoms with Crippen molar-refractivity contribution in [2.45, 2.75) is 40.7 Å². The molecule has 0 aliphatic carbocycles. The van der Waals surface area contributed by atoms with Crippen LogP contribution in [0.25, 0.3) is 0 Å². The van der Waals surface area contributed by atoms with Gasteiger partial charge in [-0.1, -0.05) is 17.7 Å². The predicted octanol–water partition coefficient (Wildman–Crippen LogP) is 4.85. The number of carbonyl (C=O) groups is 2. The minimum Gasteiger partial charge on any atom is -0.481 e. The topological polar surface area (TPSA) is 64.6 Å². The molecule has 5 nitrogen and oxygen atoms in total. The molecule has 2 rings (SSSR count). The number of carbonyl (C=O) groups excluding carboxylic acids is 2. The summed E-state index contributed by atoms with van der Waals surface area (Å²) in [7, 11) is 0. The van der Waals surface area contributed by atoms with Crippen LogP contribution >= 0.6 is 11.6 Å². The van der Waals surface area contributed by atoms with Crippen LogP contribution in [0.3, 0.4) is 0 Å². The molecule has 1 atom stereocenters. The van der Waals surface area contributed by atoms with E-state index in [4.69, 9.17) is 21.1 Å². The fourth-order valence-electron chi connectivity index (χ4n) is 2.56. The van der Waals surface area contributed by atoms with Gasteiger partial charge in [-0.2, -0.15) is 0 Å². The van der Waals surface area contributed by atoms with Gasteiger partial charge in [-0.25, -0.2) is 4.79 Å². The van der Waals surface area contributed by atoms with Crippen LogP contribution in [0.4, 0.5) is 5.69 Å². The van der Waals surface area contributed by atoms with Gasteiger partial charge in [0.15, 0.2) is 6.10 Å². The van der Waals surface area contributed by atoms with Gasteiger partial charge in [0.1, 0.15) is 5.75 Å². The molecule has 27 heavy (non-hydrogen) atoms. The summed E-state index contributed by atoms with van der Waals surface area (Å²) in [6.07, 6.45) is -0.717. The van der Waals surface area contributed by atoms with Crippen molar-refractivity contribution in [2.24, 2.45) is 0 Å². The molecule has 1 amide bonds. The molecule has 0 heterocycles. The summed E-state index contributed by atoms with van der Waals surface area (Å²) in [6, 6.07) is 8.57. The second-order valence-electron chi connectivity index (χ2n) is 6.37. The van der Waals surface area contributed by atoms with E-state index in [0.29, 0.717) is 17.0 Å². The van der Waals surface area contributed by atoms with E-state index in [-0.39, 0.29) is 17.5 Å². The number of ether oxygens (including phenoxy) is 2. The lowest BCUT2D eigenvalue weighted by Crippen LogP contribution is -2.30. The van der Waals surface area contributed by atoms with Gasteiger partial charge in [0, 0.05) is 0 Å². The highest BCUT2D eigenvalue weighted by Gasteiger charge is 2.18. The molecule has 2 aromatic carbocycles. The van der Waals surface area contributed by atoms with E-state index in [1.807, 2.05) is 26.8 Å². The van der Waals surface area contributed by atoms with Crippen LogP contribution in [0.15, 0.2) is 30.3 Å². The second-order valence-corrected chi connectivity index (χ2v) is 6.78. The van der Waals surface area contributed by atoms with Gasteiger partial charge in [0.05, 0.1) is 22.9 Å². The number of hydrogen-bond acceptors (Lipinski definition) is 4. The van der Waals surface area contributed by atoms with Gasteiger partial charge in [-0.3, -0.25) is 4.79 Å². The highest BCUT2D eigenvalue weighted by Crippen LogP contribution is 2.26. The highest BCUT2D eigenvalue weighted by atomic mass is 35.5. The van der Waals surface area contributed by atoms with Gasteiger partial charge in [0.2, 0.25) is 0 Å². The third-order valence-electron chi connectivity index (χ3n) is 4.18.